The van der Waals surface area contributed by atoms with Gasteiger partial charge in [-0.2, -0.15) is 0 Å². The average molecular weight is 399 g/mol. The monoisotopic (exact) mass is 399 g/mol. The number of aliphatic hydroxyl groups is 1. The Balaban J connectivity index is 1.68. The number of hydrogen-bond acceptors (Lipinski definition) is 7. The summed E-state index contributed by atoms with van der Waals surface area (Å²) in [4.78, 5) is 25.0. The van der Waals surface area contributed by atoms with Crippen molar-refractivity contribution in [3.8, 4) is 5.75 Å². The first-order valence-corrected chi connectivity index (χ1v) is 9.05. The van der Waals surface area contributed by atoms with E-state index in [9.17, 15) is 23.7 Å². The van der Waals surface area contributed by atoms with E-state index in [1.807, 2.05) is 4.98 Å². The van der Waals surface area contributed by atoms with Gasteiger partial charge in [0.05, 0.1) is 0 Å². The van der Waals surface area contributed by atoms with Crippen LogP contribution < -0.4 is 15.8 Å². The van der Waals surface area contributed by atoms with Crippen molar-refractivity contribution in [2.75, 3.05) is 6.61 Å². The van der Waals surface area contributed by atoms with E-state index in [2.05, 4.69) is 0 Å². The fraction of sp³-hybridized carbons (Fsp3) is 0.375. The molecule has 1 aromatic carbocycles. The van der Waals surface area contributed by atoms with Crippen LogP contribution in [0.5, 0.6) is 5.75 Å². The number of rotatable bonds is 6. The summed E-state index contributed by atoms with van der Waals surface area (Å²) in [6.45, 7) is 0.623. The zero-order valence-electron chi connectivity index (χ0n) is 14.1. The Kier molecular flexibility index (Phi) is 5.52. The normalized spacial score (nSPS) is 28.1. The van der Waals surface area contributed by atoms with Crippen molar-refractivity contribution in [2.45, 2.75) is 31.0 Å². The van der Waals surface area contributed by atoms with Crippen LogP contribution in [0.15, 0.2) is 52.2 Å². The Morgan fingerprint density at radius 3 is 2.70 bits per heavy atom. The van der Waals surface area contributed by atoms with Crippen LogP contribution in [0.2, 0.25) is 0 Å². The average Bonchev–Trinajstić information content (AvgIpc) is 2.84. The Labute approximate surface area is 153 Å². The van der Waals surface area contributed by atoms with Crippen molar-refractivity contribution < 1.29 is 27.8 Å². The molecule has 2 aromatic rings. The minimum absolute atomic E-state index is 0.319. The number of aromatic amines is 1. The van der Waals surface area contributed by atoms with Gasteiger partial charge >= 0.3 is 13.9 Å². The second kappa shape index (κ2) is 7.69. The molecule has 144 valence electrons. The Hall–Kier alpha value is -2.39. The van der Waals surface area contributed by atoms with Crippen LogP contribution in [0.1, 0.15) is 13.2 Å². The van der Waals surface area contributed by atoms with Crippen molar-refractivity contribution >= 4 is 8.25 Å². The van der Waals surface area contributed by atoms with Gasteiger partial charge in [-0.05, 0) is 19.1 Å². The van der Waals surface area contributed by atoms with Crippen molar-refractivity contribution in [3.63, 3.8) is 0 Å². The molecule has 0 bridgehead atoms. The first kappa shape index (κ1) is 19.4. The molecule has 2 N–H and O–H groups in total. The molecule has 5 atom stereocenters. The first-order valence-electron chi connectivity index (χ1n) is 7.96. The molecule has 0 radical (unpaired) electrons. The van der Waals surface area contributed by atoms with Crippen LogP contribution in [-0.2, 0) is 13.8 Å². The molecule has 9 nitrogen and oxygen atoms in total. The van der Waals surface area contributed by atoms with Gasteiger partial charge < -0.3 is 9.84 Å². The molecule has 0 spiro atoms. The van der Waals surface area contributed by atoms with Gasteiger partial charge in [-0.15, -0.1) is 4.52 Å². The molecule has 3 rings (SSSR count). The molecule has 1 aliphatic rings. The zero-order chi connectivity index (χ0) is 19.6. The molecule has 1 saturated heterocycles. The highest BCUT2D eigenvalue weighted by Gasteiger charge is 2.56. The molecule has 0 saturated carbocycles. The summed E-state index contributed by atoms with van der Waals surface area (Å²) in [7, 11) is -2.58. The fourth-order valence-electron chi connectivity index (χ4n) is 2.69. The summed E-state index contributed by atoms with van der Waals surface area (Å²) in [5.74, 6) is 0.319. The molecular weight excluding hydrogens is 382 g/mol. The standard InChI is InChI=1S/C16H16FN2O7P/c1-16(17)13(21)11(9-24-27(23)26-10-5-3-2-4-6-10)25-14(16)19-8-7-12(20)18-15(19)22/h2-8,11,13-14,21H,9H2,1H3/p+1/t11?,13-,14?,16-/m1/s1. The summed E-state index contributed by atoms with van der Waals surface area (Å²) in [5.41, 5.74) is -3.89. The van der Waals surface area contributed by atoms with Gasteiger partial charge in [-0.3, -0.25) is 14.3 Å². The number of aliphatic hydroxyl groups excluding tert-OH is 1. The molecule has 1 aromatic heterocycles. The van der Waals surface area contributed by atoms with Crippen LogP contribution >= 0.6 is 8.25 Å². The van der Waals surface area contributed by atoms with Gasteiger partial charge in [0, 0.05) is 16.8 Å². The van der Waals surface area contributed by atoms with E-state index in [-0.39, 0.29) is 0 Å². The smallest absolute Gasteiger partial charge is 0.387 e. The first-order chi connectivity index (χ1) is 12.8. The maximum Gasteiger partial charge on any atom is 0.750 e. The van der Waals surface area contributed by atoms with E-state index in [0.29, 0.717) is 5.75 Å². The summed E-state index contributed by atoms with van der Waals surface area (Å²) in [5, 5.41) is 10.2. The number of nitrogens with zero attached hydrogens (tertiary/aromatic N) is 1. The highest BCUT2D eigenvalue weighted by molar-refractivity contribution is 7.33. The molecule has 2 heterocycles. The van der Waals surface area contributed by atoms with Crippen LogP contribution in [0.25, 0.3) is 0 Å². The predicted molar refractivity (Wildman–Crippen MR) is 91.4 cm³/mol. The zero-order valence-corrected chi connectivity index (χ0v) is 15.0. The third-order valence-electron chi connectivity index (χ3n) is 4.09. The lowest BCUT2D eigenvalue weighted by Crippen LogP contribution is -2.43. The van der Waals surface area contributed by atoms with E-state index in [0.717, 1.165) is 23.8 Å². The van der Waals surface area contributed by atoms with E-state index >= 15 is 0 Å². The molecule has 1 aliphatic heterocycles. The minimum Gasteiger partial charge on any atom is -0.387 e. The molecule has 3 unspecified atom stereocenters. The maximum absolute atomic E-state index is 15.0. The Morgan fingerprint density at radius 2 is 2.04 bits per heavy atom. The van der Waals surface area contributed by atoms with Gasteiger partial charge in [-0.25, -0.2) is 13.7 Å². The van der Waals surface area contributed by atoms with Crippen LogP contribution in [-0.4, -0.2) is 39.1 Å². The van der Waals surface area contributed by atoms with Crippen molar-refractivity contribution in [1.29, 1.82) is 0 Å². The van der Waals surface area contributed by atoms with Gasteiger partial charge in [-0.1, -0.05) is 18.2 Å². The number of aromatic nitrogens is 2. The molecule has 1 fully saturated rings. The van der Waals surface area contributed by atoms with Crippen molar-refractivity contribution in [3.05, 3.63) is 63.4 Å². The van der Waals surface area contributed by atoms with Crippen molar-refractivity contribution in [2.24, 2.45) is 0 Å². The largest absolute Gasteiger partial charge is 0.750 e. The van der Waals surface area contributed by atoms with Crippen LogP contribution in [0, 0.1) is 0 Å². The minimum atomic E-state index is -2.58. The number of para-hydroxylation sites is 1. The summed E-state index contributed by atoms with van der Waals surface area (Å²) in [6, 6.07) is 9.31. The van der Waals surface area contributed by atoms with E-state index in [4.69, 9.17) is 13.8 Å². The molecule has 27 heavy (non-hydrogen) atoms. The second-order valence-corrected chi connectivity index (χ2v) is 6.95. The van der Waals surface area contributed by atoms with E-state index in [1.54, 1.807) is 30.3 Å². The topological polar surface area (TPSA) is 120 Å². The molecular formula is C16H17FN2O7P+. The predicted octanol–water partition coefficient (Wildman–Crippen LogP) is 1.28. The lowest BCUT2D eigenvalue weighted by atomic mass is 9.98. The van der Waals surface area contributed by atoms with Gasteiger partial charge in [0.25, 0.3) is 5.56 Å². The SMILES string of the molecule is C[C@]1(F)C(n2ccc(=O)[nH]c2=O)OC(CO[P+](=O)Oc2ccccc2)[C@H]1O. The quantitative estimate of drug-likeness (QED) is 0.702. The Morgan fingerprint density at radius 1 is 1.33 bits per heavy atom. The van der Waals surface area contributed by atoms with Crippen LogP contribution in [0.4, 0.5) is 4.39 Å². The van der Waals surface area contributed by atoms with E-state index < -0.39 is 50.2 Å². The second-order valence-electron chi connectivity index (χ2n) is 6.06. The highest BCUT2D eigenvalue weighted by Crippen LogP contribution is 2.41. The lowest BCUT2D eigenvalue weighted by Gasteiger charge is -2.24. The number of ether oxygens (including phenoxy) is 1. The number of alkyl halides is 1. The van der Waals surface area contributed by atoms with Gasteiger partial charge in [0.1, 0.15) is 18.8 Å². The Bertz CT molecular complexity index is 930. The summed E-state index contributed by atoms with van der Waals surface area (Å²) in [6.07, 6.45) is -3.31. The number of H-pyrrole nitrogens is 1. The van der Waals surface area contributed by atoms with Crippen LogP contribution in [0.3, 0.4) is 0 Å². The third-order valence-corrected chi connectivity index (χ3v) is 4.81. The number of benzene rings is 1. The molecule has 0 aliphatic carbocycles. The number of halogens is 1. The number of nitrogens with one attached hydrogen (secondary N) is 1. The third kappa shape index (κ3) is 4.14. The number of hydrogen-bond donors (Lipinski definition) is 2. The lowest BCUT2D eigenvalue weighted by molar-refractivity contribution is -0.0586. The fourth-order valence-corrected chi connectivity index (χ4v) is 3.31. The van der Waals surface area contributed by atoms with Crippen molar-refractivity contribution in [1.82, 2.24) is 9.55 Å². The highest BCUT2D eigenvalue weighted by atomic mass is 31.1. The van der Waals surface area contributed by atoms with Gasteiger partial charge in [0.15, 0.2) is 17.6 Å². The van der Waals surface area contributed by atoms with E-state index in [1.165, 1.54) is 0 Å². The summed E-state index contributed by atoms with van der Waals surface area (Å²) < 4.78 is 43.1. The summed E-state index contributed by atoms with van der Waals surface area (Å²) >= 11 is 0. The molecule has 0 amide bonds. The van der Waals surface area contributed by atoms with Gasteiger partial charge in [0.2, 0.25) is 0 Å². The maximum atomic E-state index is 15.0. The molecule has 11 heteroatoms.